The van der Waals surface area contributed by atoms with Crippen molar-refractivity contribution < 1.29 is 0 Å². The zero-order valence-electron chi connectivity index (χ0n) is 8.58. The van der Waals surface area contributed by atoms with Gasteiger partial charge in [-0.25, -0.2) is 0 Å². The van der Waals surface area contributed by atoms with Gasteiger partial charge in [-0.3, -0.25) is 0 Å². The molecule has 0 atom stereocenters. The molecule has 0 unspecified atom stereocenters. The molecule has 0 nitrogen and oxygen atoms in total. The molecule has 0 N–H and O–H groups in total. The van der Waals surface area contributed by atoms with Crippen molar-refractivity contribution in [1.29, 1.82) is 0 Å². The highest BCUT2D eigenvalue weighted by molar-refractivity contribution is 5.02. The Labute approximate surface area is 82.4 Å². The van der Waals surface area contributed by atoms with Gasteiger partial charge in [-0.15, -0.1) is 0 Å². The van der Waals surface area contributed by atoms with E-state index >= 15 is 0 Å². The Bertz CT molecular complexity index is 182. The lowest BCUT2D eigenvalue weighted by atomic mass is 10.2. The number of hydrogen-bond donors (Lipinski definition) is 0. The van der Waals surface area contributed by atoms with Crippen LogP contribution in [0.5, 0.6) is 0 Å². The molecule has 0 fully saturated rings. The summed E-state index contributed by atoms with van der Waals surface area (Å²) in [5.74, 6) is 0. The Morgan fingerprint density at radius 1 is 0.923 bits per heavy atom. The van der Waals surface area contributed by atoms with Gasteiger partial charge >= 0.3 is 0 Å². The van der Waals surface area contributed by atoms with E-state index in [-0.39, 0.29) is 0 Å². The maximum atomic E-state index is 3.62. The summed E-state index contributed by atoms with van der Waals surface area (Å²) in [5.41, 5.74) is 0. The van der Waals surface area contributed by atoms with E-state index in [4.69, 9.17) is 0 Å². The van der Waals surface area contributed by atoms with Gasteiger partial charge in [-0.1, -0.05) is 56.0 Å². The molecule has 0 saturated carbocycles. The molecule has 0 heterocycles. The van der Waals surface area contributed by atoms with Crippen molar-refractivity contribution in [2.75, 3.05) is 0 Å². The Morgan fingerprint density at radius 3 is 2.15 bits per heavy atom. The average molecular weight is 176 g/mol. The van der Waals surface area contributed by atoms with Crippen LogP contribution in [0.2, 0.25) is 0 Å². The molecule has 0 aromatic rings. The Hall–Kier alpha value is -1.04. The average Bonchev–Trinajstić information content (AvgIpc) is 2.16. The maximum absolute atomic E-state index is 3.62. The van der Waals surface area contributed by atoms with Crippen molar-refractivity contribution in [3.05, 3.63) is 49.1 Å². The number of allylic oxidation sites excluding steroid dienone is 7. The third-order valence-electron chi connectivity index (χ3n) is 1.63. The van der Waals surface area contributed by atoms with Crippen LogP contribution in [0.3, 0.4) is 0 Å². The largest absolute Gasteiger partial charge is 0.0991 e. The van der Waals surface area contributed by atoms with Gasteiger partial charge in [-0.05, 0) is 25.7 Å². The molecular weight excluding hydrogens is 156 g/mol. The van der Waals surface area contributed by atoms with Gasteiger partial charge in [0.15, 0.2) is 0 Å². The van der Waals surface area contributed by atoms with E-state index in [0.717, 1.165) is 19.3 Å². The molecule has 0 aromatic carbocycles. The zero-order valence-corrected chi connectivity index (χ0v) is 8.58. The fourth-order valence-electron chi connectivity index (χ4n) is 0.935. The summed E-state index contributed by atoms with van der Waals surface area (Å²) in [5, 5.41) is 0. The summed E-state index contributed by atoms with van der Waals surface area (Å²) in [7, 11) is 0. The molecule has 0 aliphatic heterocycles. The second-order valence-corrected chi connectivity index (χ2v) is 2.86. The standard InChI is InChI=1S/C13H20/c1-3-5-7-9-11-13-12-10-8-6-4-2/h3,5-8,10,12H,1,4,9,11,13H2,2H3. The highest BCUT2D eigenvalue weighted by Crippen LogP contribution is 1.98. The first-order chi connectivity index (χ1) is 6.41. The smallest absolute Gasteiger partial charge is 0.0345 e. The van der Waals surface area contributed by atoms with E-state index in [0.29, 0.717) is 0 Å². The highest BCUT2D eigenvalue weighted by Gasteiger charge is 1.78. The lowest BCUT2D eigenvalue weighted by molar-refractivity contribution is 0.868. The minimum atomic E-state index is 1.12. The summed E-state index contributed by atoms with van der Waals surface area (Å²) in [6.45, 7) is 5.76. The van der Waals surface area contributed by atoms with E-state index in [1.54, 1.807) is 0 Å². The molecule has 0 aliphatic rings. The topological polar surface area (TPSA) is 0 Å². The molecule has 72 valence electrons. The summed E-state index contributed by atoms with van der Waals surface area (Å²) in [4.78, 5) is 0. The number of hydrogen-bond acceptors (Lipinski definition) is 0. The predicted octanol–water partition coefficient (Wildman–Crippen LogP) is 4.42. The normalized spacial score (nSPS) is 12.1. The van der Waals surface area contributed by atoms with E-state index in [1.165, 1.54) is 6.42 Å². The lowest BCUT2D eigenvalue weighted by Gasteiger charge is -1.88. The van der Waals surface area contributed by atoms with Crippen molar-refractivity contribution in [2.24, 2.45) is 0 Å². The Morgan fingerprint density at radius 2 is 1.54 bits per heavy atom. The zero-order chi connectivity index (χ0) is 9.78. The van der Waals surface area contributed by atoms with Crippen molar-refractivity contribution >= 4 is 0 Å². The minimum absolute atomic E-state index is 1.12. The van der Waals surface area contributed by atoms with Crippen LogP contribution in [0.25, 0.3) is 0 Å². The molecular formula is C13H20. The molecule has 0 aromatic heterocycles. The van der Waals surface area contributed by atoms with Gasteiger partial charge in [0.1, 0.15) is 0 Å². The monoisotopic (exact) mass is 176 g/mol. The summed E-state index contributed by atoms with van der Waals surface area (Å²) >= 11 is 0. The molecule has 0 aliphatic carbocycles. The molecule has 0 bridgehead atoms. The quantitative estimate of drug-likeness (QED) is 0.398. The van der Waals surface area contributed by atoms with Gasteiger partial charge < -0.3 is 0 Å². The lowest BCUT2D eigenvalue weighted by Crippen LogP contribution is -1.67. The van der Waals surface area contributed by atoms with Crippen molar-refractivity contribution in [1.82, 2.24) is 0 Å². The summed E-state index contributed by atoms with van der Waals surface area (Å²) in [6.07, 6.45) is 19.2. The van der Waals surface area contributed by atoms with Crippen LogP contribution >= 0.6 is 0 Å². The van der Waals surface area contributed by atoms with Crippen molar-refractivity contribution in [3.63, 3.8) is 0 Å². The van der Waals surface area contributed by atoms with Crippen LogP contribution < -0.4 is 0 Å². The van der Waals surface area contributed by atoms with Crippen LogP contribution in [0.1, 0.15) is 32.6 Å². The van der Waals surface area contributed by atoms with Gasteiger partial charge in [0, 0.05) is 0 Å². The van der Waals surface area contributed by atoms with Gasteiger partial charge in [0.2, 0.25) is 0 Å². The first-order valence-corrected chi connectivity index (χ1v) is 5.01. The van der Waals surface area contributed by atoms with Crippen molar-refractivity contribution in [2.45, 2.75) is 32.6 Å². The van der Waals surface area contributed by atoms with Gasteiger partial charge in [-0.2, -0.15) is 0 Å². The third kappa shape index (κ3) is 11.0. The minimum Gasteiger partial charge on any atom is -0.0991 e. The second kappa shape index (κ2) is 11.0. The van der Waals surface area contributed by atoms with Gasteiger partial charge in [0.25, 0.3) is 0 Å². The third-order valence-corrected chi connectivity index (χ3v) is 1.63. The van der Waals surface area contributed by atoms with Crippen LogP contribution in [0.15, 0.2) is 49.1 Å². The second-order valence-electron chi connectivity index (χ2n) is 2.86. The van der Waals surface area contributed by atoms with Gasteiger partial charge in [0.05, 0.1) is 0 Å². The SMILES string of the molecule is C=CC=CCCCC=CC=CCC. The fourth-order valence-corrected chi connectivity index (χ4v) is 0.935. The fraction of sp³-hybridized carbons (Fsp3) is 0.385. The molecule has 0 radical (unpaired) electrons. The number of rotatable bonds is 7. The predicted molar refractivity (Wildman–Crippen MR) is 61.8 cm³/mol. The van der Waals surface area contributed by atoms with Crippen LogP contribution in [-0.4, -0.2) is 0 Å². The number of unbranched alkanes of at least 4 members (excludes halogenated alkanes) is 2. The molecule has 0 amide bonds. The molecule has 0 heteroatoms. The van der Waals surface area contributed by atoms with Crippen LogP contribution in [0, 0.1) is 0 Å². The molecule has 0 spiro atoms. The van der Waals surface area contributed by atoms with Crippen molar-refractivity contribution in [3.8, 4) is 0 Å². The summed E-state index contributed by atoms with van der Waals surface area (Å²) in [6, 6.07) is 0. The maximum Gasteiger partial charge on any atom is -0.0345 e. The van der Waals surface area contributed by atoms with Crippen LogP contribution in [-0.2, 0) is 0 Å². The summed E-state index contributed by atoms with van der Waals surface area (Å²) < 4.78 is 0. The Balaban J connectivity index is 3.24. The van der Waals surface area contributed by atoms with E-state index in [9.17, 15) is 0 Å². The molecule has 0 saturated heterocycles. The highest BCUT2D eigenvalue weighted by atomic mass is 13.8. The van der Waals surface area contributed by atoms with E-state index < -0.39 is 0 Å². The van der Waals surface area contributed by atoms with E-state index in [1.807, 2.05) is 12.2 Å². The molecule has 13 heavy (non-hydrogen) atoms. The Kier molecular flexibility index (Phi) is 10.1. The molecule has 0 rings (SSSR count). The first kappa shape index (κ1) is 12.0. The van der Waals surface area contributed by atoms with Crippen LogP contribution in [0.4, 0.5) is 0 Å². The van der Waals surface area contributed by atoms with E-state index in [2.05, 4.69) is 43.9 Å². The first-order valence-electron chi connectivity index (χ1n) is 5.01.